The summed E-state index contributed by atoms with van der Waals surface area (Å²) in [6.07, 6.45) is 3.87. The first-order valence-corrected chi connectivity index (χ1v) is 12.1. The second-order valence-corrected chi connectivity index (χ2v) is 11.1. The molecule has 1 aliphatic rings. The van der Waals surface area contributed by atoms with E-state index in [2.05, 4.69) is 47.9 Å². The van der Waals surface area contributed by atoms with Crippen LogP contribution in [0.2, 0.25) is 0 Å². The smallest absolute Gasteiger partial charge is 0.229 e. The van der Waals surface area contributed by atoms with Crippen LogP contribution < -0.4 is 10.0 Å². The van der Waals surface area contributed by atoms with Gasteiger partial charge in [-0.3, -0.25) is 14.5 Å². The maximum absolute atomic E-state index is 12.7. The quantitative estimate of drug-likeness (QED) is 0.725. The molecule has 0 aliphatic heterocycles. The molecule has 2 unspecified atom stereocenters. The molecule has 1 heterocycles. The maximum atomic E-state index is 12.7. The van der Waals surface area contributed by atoms with Gasteiger partial charge in [0, 0.05) is 23.2 Å². The highest BCUT2D eigenvalue weighted by Gasteiger charge is 2.44. The number of hydrogen-bond donors (Lipinski definition) is 2. The van der Waals surface area contributed by atoms with Crippen LogP contribution in [-0.4, -0.2) is 25.6 Å². The van der Waals surface area contributed by atoms with Gasteiger partial charge >= 0.3 is 0 Å². The van der Waals surface area contributed by atoms with Crippen molar-refractivity contribution in [1.82, 2.24) is 10.3 Å². The van der Waals surface area contributed by atoms with Gasteiger partial charge in [0.05, 0.1) is 18.0 Å². The van der Waals surface area contributed by atoms with E-state index in [1.54, 1.807) is 6.07 Å². The SMILES string of the molecule is Cc1cc([C@@H](C)NC(=O)C2CC2c2ccc(C(C)(C)C)nc2)ccc1NS(C)(=O)=O. The van der Waals surface area contributed by atoms with E-state index in [9.17, 15) is 13.2 Å². The van der Waals surface area contributed by atoms with Crippen LogP contribution in [0.15, 0.2) is 36.5 Å². The standard InChI is InChI=1S/C23H31N3O3S/c1-14-11-16(7-9-20(14)26-30(6,28)29)15(2)25-22(27)19-12-18(19)17-8-10-21(24-13-17)23(3,4)5/h7-11,13,15,18-19,26H,12H2,1-6H3,(H,25,27)/t15-,18?,19?/m1/s1. The third-order valence-electron chi connectivity index (χ3n) is 5.51. The molecule has 1 fully saturated rings. The molecular formula is C23H31N3O3S. The van der Waals surface area contributed by atoms with Gasteiger partial charge in [-0.15, -0.1) is 0 Å². The van der Waals surface area contributed by atoms with Crippen LogP contribution in [-0.2, 0) is 20.2 Å². The van der Waals surface area contributed by atoms with Crippen LogP contribution in [0.4, 0.5) is 5.69 Å². The number of amides is 1. The number of nitrogens with zero attached hydrogens (tertiary/aromatic N) is 1. The summed E-state index contributed by atoms with van der Waals surface area (Å²) in [7, 11) is -3.32. The Morgan fingerprint density at radius 1 is 1.20 bits per heavy atom. The van der Waals surface area contributed by atoms with Crippen molar-refractivity contribution in [2.24, 2.45) is 5.92 Å². The Balaban J connectivity index is 1.61. The van der Waals surface area contributed by atoms with Gasteiger partial charge < -0.3 is 5.32 Å². The lowest BCUT2D eigenvalue weighted by Gasteiger charge is -2.18. The van der Waals surface area contributed by atoms with Gasteiger partial charge in [0.1, 0.15) is 0 Å². The van der Waals surface area contributed by atoms with E-state index < -0.39 is 10.0 Å². The van der Waals surface area contributed by atoms with E-state index in [-0.39, 0.29) is 29.2 Å². The van der Waals surface area contributed by atoms with Crippen molar-refractivity contribution in [3.63, 3.8) is 0 Å². The zero-order valence-corrected chi connectivity index (χ0v) is 19.3. The van der Waals surface area contributed by atoms with E-state index in [0.717, 1.165) is 35.1 Å². The molecule has 3 rings (SSSR count). The molecular weight excluding hydrogens is 398 g/mol. The predicted octanol–water partition coefficient (Wildman–Crippen LogP) is 4.04. The van der Waals surface area contributed by atoms with E-state index in [1.807, 2.05) is 32.2 Å². The number of carbonyl (C=O) groups excluding carboxylic acids is 1. The minimum absolute atomic E-state index is 0.0127. The molecule has 7 heteroatoms. The zero-order chi connectivity index (χ0) is 22.3. The van der Waals surface area contributed by atoms with Crippen LogP contribution >= 0.6 is 0 Å². The van der Waals surface area contributed by atoms with Crippen molar-refractivity contribution in [2.45, 2.75) is 58.4 Å². The van der Waals surface area contributed by atoms with Crippen LogP contribution in [0.3, 0.4) is 0 Å². The fraction of sp³-hybridized carbons (Fsp3) is 0.478. The largest absolute Gasteiger partial charge is 0.349 e. The summed E-state index contributed by atoms with van der Waals surface area (Å²) in [6, 6.07) is 9.46. The highest BCUT2D eigenvalue weighted by Crippen LogP contribution is 2.47. The van der Waals surface area contributed by atoms with Gasteiger partial charge in [0.25, 0.3) is 0 Å². The Bertz CT molecular complexity index is 1040. The molecule has 0 bridgehead atoms. The Hall–Kier alpha value is -2.41. The number of benzene rings is 1. The van der Waals surface area contributed by atoms with E-state index in [0.29, 0.717) is 5.69 Å². The maximum Gasteiger partial charge on any atom is 0.229 e. The van der Waals surface area contributed by atoms with Crippen molar-refractivity contribution < 1.29 is 13.2 Å². The van der Waals surface area contributed by atoms with Crippen LogP contribution in [0.1, 0.15) is 68.5 Å². The first-order chi connectivity index (χ1) is 13.8. The van der Waals surface area contributed by atoms with Gasteiger partial charge in [-0.05, 0) is 55.0 Å². The summed E-state index contributed by atoms with van der Waals surface area (Å²) in [4.78, 5) is 17.3. The predicted molar refractivity (Wildman–Crippen MR) is 120 cm³/mol. The van der Waals surface area contributed by atoms with Gasteiger partial charge in [-0.25, -0.2) is 8.42 Å². The number of rotatable bonds is 6. The molecule has 1 aliphatic carbocycles. The monoisotopic (exact) mass is 429 g/mol. The molecule has 1 aromatic carbocycles. The summed E-state index contributed by atoms with van der Waals surface area (Å²) < 4.78 is 25.4. The van der Waals surface area contributed by atoms with Crippen molar-refractivity contribution in [2.75, 3.05) is 11.0 Å². The van der Waals surface area contributed by atoms with Crippen LogP contribution in [0.5, 0.6) is 0 Å². The Morgan fingerprint density at radius 3 is 2.43 bits per heavy atom. The van der Waals surface area contributed by atoms with Gasteiger partial charge in [-0.1, -0.05) is 39.0 Å². The summed E-state index contributed by atoms with van der Waals surface area (Å²) in [6.45, 7) is 10.2. The average Bonchev–Trinajstić information content (AvgIpc) is 3.42. The fourth-order valence-electron chi connectivity index (χ4n) is 3.60. The van der Waals surface area contributed by atoms with E-state index in [1.165, 1.54) is 0 Å². The minimum Gasteiger partial charge on any atom is -0.349 e. The lowest BCUT2D eigenvalue weighted by atomic mass is 9.91. The first kappa shape index (κ1) is 22.3. The molecule has 1 aromatic heterocycles. The van der Waals surface area contributed by atoms with Gasteiger partial charge in [-0.2, -0.15) is 0 Å². The molecule has 6 nitrogen and oxygen atoms in total. The van der Waals surface area contributed by atoms with Crippen molar-refractivity contribution in [1.29, 1.82) is 0 Å². The Kier molecular flexibility index (Phi) is 5.96. The number of anilines is 1. The molecule has 0 radical (unpaired) electrons. The Morgan fingerprint density at radius 2 is 1.90 bits per heavy atom. The van der Waals surface area contributed by atoms with Crippen LogP contribution in [0, 0.1) is 12.8 Å². The number of carbonyl (C=O) groups is 1. The number of sulfonamides is 1. The summed E-state index contributed by atoms with van der Waals surface area (Å²) >= 11 is 0. The topological polar surface area (TPSA) is 88.2 Å². The third kappa shape index (κ3) is 5.39. The molecule has 1 saturated carbocycles. The molecule has 0 spiro atoms. The van der Waals surface area contributed by atoms with Crippen molar-refractivity contribution in [3.05, 3.63) is 58.9 Å². The molecule has 0 saturated heterocycles. The Labute approximate surface area is 179 Å². The number of pyridine rings is 1. The fourth-order valence-corrected chi connectivity index (χ4v) is 4.22. The second kappa shape index (κ2) is 8.02. The van der Waals surface area contributed by atoms with Gasteiger partial charge in [0.15, 0.2) is 0 Å². The lowest BCUT2D eigenvalue weighted by Crippen LogP contribution is -2.28. The summed E-state index contributed by atoms with van der Waals surface area (Å²) in [5.74, 6) is 0.243. The summed E-state index contributed by atoms with van der Waals surface area (Å²) in [5, 5.41) is 3.09. The molecule has 1 amide bonds. The van der Waals surface area contributed by atoms with Gasteiger partial charge in [0.2, 0.25) is 15.9 Å². The highest BCUT2D eigenvalue weighted by molar-refractivity contribution is 7.92. The van der Waals surface area contributed by atoms with Crippen LogP contribution in [0.25, 0.3) is 0 Å². The zero-order valence-electron chi connectivity index (χ0n) is 18.5. The number of nitrogens with one attached hydrogen (secondary N) is 2. The molecule has 2 aromatic rings. The first-order valence-electron chi connectivity index (χ1n) is 10.2. The molecule has 3 atom stereocenters. The number of hydrogen-bond acceptors (Lipinski definition) is 4. The average molecular weight is 430 g/mol. The van der Waals surface area contributed by atoms with Crippen molar-refractivity contribution >= 4 is 21.6 Å². The minimum atomic E-state index is -3.32. The number of aryl methyl sites for hydroxylation is 1. The summed E-state index contributed by atoms with van der Waals surface area (Å²) in [5.41, 5.74) is 4.47. The second-order valence-electron chi connectivity index (χ2n) is 9.35. The molecule has 162 valence electrons. The lowest BCUT2D eigenvalue weighted by molar-refractivity contribution is -0.123. The molecule has 30 heavy (non-hydrogen) atoms. The third-order valence-corrected chi connectivity index (χ3v) is 6.11. The normalized spacial score (nSPS) is 19.8. The van der Waals surface area contributed by atoms with E-state index in [4.69, 9.17) is 0 Å². The number of aromatic nitrogens is 1. The van der Waals surface area contributed by atoms with E-state index >= 15 is 0 Å². The molecule has 2 N–H and O–H groups in total. The van der Waals surface area contributed by atoms with Crippen molar-refractivity contribution in [3.8, 4) is 0 Å². The highest BCUT2D eigenvalue weighted by atomic mass is 32.2.